The van der Waals surface area contributed by atoms with E-state index in [9.17, 15) is 15.0 Å². The summed E-state index contributed by atoms with van der Waals surface area (Å²) in [5.41, 5.74) is 8.49. The van der Waals surface area contributed by atoms with Crippen LogP contribution >= 0.6 is 0 Å². The Labute approximate surface area is 156 Å². The van der Waals surface area contributed by atoms with E-state index >= 15 is 0 Å². The number of ether oxygens (including phenoxy) is 1. The summed E-state index contributed by atoms with van der Waals surface area (Å²) in [5, 5.41) is 29.7. The van der Waals surface area contributed by atoms with Crippen molar-refractivity contribution in [2.24, 2.45) is 5.73 Å². The van der Waals surface area contributed by atoms with Gasteiger partial charge in [0.1, 0.15) is 18.1 Å². The Morgan fingerprint density at radius 2 is 1.85 bits per heavy atom. The van der Waals surface area contributed by atoms with Gasteiger partial charge >= 0.3 is 5.97 Å². The zero-order valence-corrected chi connectivity index (χ0v) is 14.9. The number of nitrogens with two attached hydrogens (primary N) is 1. The quantitative estimate of drug-likeness (QED) is 0.471. The molecule has 0 bridgehead atoms. The highest BCUT2D eigenvalue weighted by atomic mass is 16.5. The van der Waals surface area contributed by atoms with Gasteiger partial charge < -0.3 is 30.4 Å². The fourth-order valence-corrected chi connectivity index (χ4v) is 3.28. The van der Waals surface area contributed by atoms with Crippen molar-refractivity contribution in [1.29, 1.82) is 0 Å². The summed E-state index contributed by atoms with van der Waals surface area (Å²) in [6.45, 7) is 1.85. The lowest BCUT2D eigenvalue weighted by Gasteiger charge is -2.16. The Hall–Kier alpha value is -2.87. The summed E-state index contributed by atoms with van der Waals surface area (Å²) in [6.07, 6.45) is -2.81. The molecule has 1 aromatic heterocycles. The maximum atomic E-state index is 10.9. The minimum absolute atomic E-state index is 0.319. The van der Waals surface area contributed by atoms with E-state index in [4.69, 9.17) is 15.6 Å². The Morgan fingerprint density at radius 3 is 2.48 bits per heavy atom. The molecular weight excluding hydrogens is 348 g/mol. The van der Waals surface area contributed by atoms with Crippen molar-refractivity contribution in [1.82, 2.24) is 4.57 Å². The van der Waals surface area contributed by atoms with Gasteiger partial charge in [0.05, 0.1) is 5.52 Å². The topological polar surface area (TPSA) is 118 Å². The molecule has 27 heavy (non-hydrogen) atoms. The van der Waals surface area contributed by atoms with E-state index in [0.717, 1.165) is 16.8 Å². The highest BCUT2D eigenvalue weighted by molar-refractivity contribution is 5.92. The molecule has 0 saturated carbocycles. The van der Waals surface area contributed by atoms with Crippen LogP contribution < -0.4 is 10.5 Å². The van der Waals surface area contributed by atoms with Crippen LogP contribution in [0.15, 0.2) is 48.5 Å². The molecule has 3 aromatic rings. The summed E-state index contributed by atoms with van der Waals surface area (Å²) in [5.74, 6) is -0.784. The number of carboxylic acids is 1. The first-order valence-electron chi connectivity index (χ1n) is 8.52. The third-order valence-corrected chi connectivity index (χ3v) is 4.51. The third-order valence-electron chi connectivity index (χ3n) is 4.51. The van der Waals surface area contributed by atoms with Crippen molar-refractivity contribution in [2.45, 2.75) is 25.8 Å². The van der Waals surface area contributed by atoms with E-state index in [1.54, 1.807) is 12.1 Å². The number of aliphatic carboxylic acids is 1. The molecule has 7 heteroatoms. The van der Waals surface area contributed by atoms with Gasteiger partial charge in [-0.05, 0) is 24.6 Å². The SMILES string of the molecule is Cc1c(C(O)C(N)O)c2c(OCC(=O)O)cccc2n1Cc1ccccc1. The number of nitrogens with zero attached hydrogens (tertiary/aromatic N) is 1. The average Bonchev–Trinajstić information content (AvgIpc) is 2.92. The van der Waals surface area contributed by atoms with E-state index in [0.29, 0.717) is 23.2 Å². The van der Waals surface area contributed by atoms with Crippen molar-refractivity contribution in [3.63, 3.8) is 0 Å². The zero-order chi connectivity index (χ0) is 19.6. The number of rotatable bonds is 7. The van der Waals surface area contributed by atoms with Crippen molar-refractivity contribution < 1.29 is 24.9 Å². The van der Waals surface area contributed by atoms with Gasteiger partial charge in [0.25, 0.3) is 0 Å². The molecule has 3 rings (SSSR count). The molecule has 0 saturated heterocycles. The van der Waals surface area contributed by atoms with E-state index in [1.165, 1.54) is 0 Å². The largest absolute Gasteiger partial charge is 0.481 e. The Bertz CT molecular complexity index is 950. The first-order chi connectivity index (χ1) is 12.9. The molecule has 0 spiro atoms. The van der Waals surface area contributed by atoms with Crippen LogP contribution in [-0.2, 0) is 11.3 Å². The molecule has 142 valence electrons. The van der Waals surface area contributed by atoms with Gasteiger partial charge in [-0.1, -0.05) is 36.4 Å². The summed E-state index contributed by atoms with van der Waals surface area (Å²) < 4.78 is 7.41. The Kier molecular flexibility index (Phi) is 5.46. The standard InChI is InChI=1S/C20H22N2O5/c1-12-17(19(25)20(21)26)18-14(8-5-9-15(18)27-11-16(23)24)22(12)10-13-6-3-2-4-7-13/h2-9,19-20,25-26H,10-11,21H2,1H3,(H,23,24). The number of carbonyl (C=O) groups is 1. The number of aliphatic hydroxyl groups is 2. The van der Waals surface area contributed by atoms with Gasteiger partial charge in [0, 0.05) is 23.2 Å². The summed E-state index contributed by atoms with van der Waals surface area (Å²) in [7, 11) is 0. The molecule has 0 aliphatic carbocycles. The van der Waals surface area contributed by atoms with Crippen LogP contribution in [0.4, 0.5) is 0 Å². The minimum Gasteiger partial charge on any atom is -0.481 e. The second kappa shape index (κ2) is 7.79. The van der Waals surface area contributed by atoms with Gasteiger partial charge in [0.15, 0.2) is 6.61 Å². The molecule has 2 unspecified atom stereocenters. The molecule has 5 N–H and O–H groups in total. The lowest BCUT2D eigenvalue weighted by molar-refractivity contribution is -0.139. The summed E-state index contributed by atoms with van der Waals surface area (Å²) in [4.78, 5) is 10.9. The molecule has 0 radical (unpaired) electrons. The van der Waals surface area contributed by atoms with E-state index in [1.807, 2.05) is 47.9 Å². The predicted molar refractivity (Wildman–Crippen MR) is 101 cm³/mol. The van der Waals surface area contributed by atoms with Gasteiger partial charge in [-0.15, -0.1) is 0 Å². The maximum absolute atomic E-state index is 10.9. The van der Waals surface area contributed by atoms with Crippen molar-refractivity contribution in [2.75, 3.05) is 6.61 Å². The van der Waals surface area contributed by atoms with Gasteiger partial charge in [-0.3, -0.25) is 0 Å². The maximum Gasteiger partial charge on any atom is 0.341 e. The molecule has 7 nitrogen and oxygen atoms in total. The molecule has 1 heterocycles. The van der Waals surface area contributed by atoms with Crippen LogP contribution in [0, 0.1) is 6.92 Å². The number of aliphatic hydroxyl groups excluding tert-OH is 2. The number of hydrogen-bond donors (Lipinski definition) is 4. The van der Waals surface area contributed by atoms with Gasteiger partial charge in [0.2, 0.25) is 0 Å². The first-order valence-corrected chi connectivity index (χ1v) is 8.52. The highest BCUT2D eigenvalue weighted by Gasteiger charge is 2.26. The second-order valence-corrected chi connectivity index (χ2v) is 6.34. The van der Waals surface area contributed by atoms with Crippen LogP contribution in [0.3, 0.4) is 0 Å². The number of carboxylic acid groups (broad SMARTS) is 1. The van der Waals surface area contributed by atoms with Crippen molar-refractivity contribution in [3.05, 3.63) is 65.4 Å². The average molecular weight is 370 g/mol. The zero-order valence-electron chi connectivity index (χ0n) is 14.9. The van der Waals surface area contributed by atoms with Crippen molar-refractivity contribution >= 4 is 16.9 Å². The normalized spacial score (nSPS) is 13.5. The summed E-state index contributed by atoms with van der Waals surface area (Å²) >= 11 is 0. The Balaban J connectivity index is 2.19. The minimum atomic E-state index is -1.48. The third kappa shape index (κ3) is 3.80. The highest BCUT2D eigenvalue weighted by Crippen LogP contribution is 2.38. The van der Waals surface area contributed by atoms with Crippen LogP contribution in [0.2, 0.25) is 0 Å². The van der Waals surface area contributed by atoms with Crippen LogP contribution in [0.25, 0.3) is 10.9 Å². The van der Waals surface area contributed by atoms with Gasteiger partial charge in [-0.2, -0.15) is 0 Å². The molecular formula is C20H22N2O5. The molecule has 0 aliphatic heterocycles. The number of aromatic nitrogens is 1. The van der Waals surface area contributed by atoms with Crippen molar-refractivity contribution in [3.8, 4) is 5.75 Å². The molecule has 0 aliphatic rings. The predicted octanol–water partition coefficient (Wildman–Crippen LogP) is 1.77. The molecule has 2 aromatic carbocycles. The summed E-state index contributed by atoms with van der Waals surface area (Å²) in [6, 6.07) is 15.0. The van der Waals surface area contributed by atoms with Crippen LogP contribution in [0.5, 0.6) is 5.75 Å². The lowest BCUT2D eigenvalue weighted by atomic mass is 10.0. The van der Waals surface area contributed by atoms with E-state index in [-0.39, 0.29) is 0 Å². The fourth-order valence-electron chi connectivity index (χ4n) is 3.28. The Morgan fingerprint density at radius 1 is 1.15 bits per heavy atom. The molecule has 2 atom stereocenters. The fraction of sp³-hybridized carbons (Fsp3) is 0.250. The lowest BCUT2D eigenvalue weighted by Crippen LogP contribution is -2.28. The van der Waals surface area contributed by atoms with E-state index in [2.05, 4.69) is 0 Å². The monoisotopic (exact) mass is 370 g/mol. The second-order valence-electron chi connectivity index (χ2n) is 6.34. The number of hydrogen-bond acceptors (Lipinski definition) is 5. The first kappa shape index (κ1) is 18.9. The molecule has 0 amide bonds. The number of benzene rings is 2. The van der Waals surface area contributed by atoms with Gasteiger partial charge in [-0.25, -0.2) is 4.79 Å². The van der Waals surface area contributed by atoms with E-state index < -0.39 is 24.9 Å². The number of fused-ring (bicyclic) bond motifs is 1. The molecule has 0 fully saturated rings. The smallest absolute Gasteiger partial charge is 0.341 e. The van der Waals surface area contributed by atoms with Crippen LogP contribution in [0.1, 0.15) is 22.9 Å². The van der Waals surface area contributed by atoms with Crippen LogP contribution in [-0.4, -0.2) is 38.7 Å².